The van der Waals surface area contributed by atoms with Crippen LogP contribution in [0.15, 0.2) is 30.3 Å². The highest BCUT2D eigenvalue weighted by Crippen LogP contribution is 2.39. The number of halogens is 1. The minimum absolute atomic E-state index is 0.0282. The average Bonchev–Trinajstić information content (AvgIpc) is 3.32. The van der Waals surface area contributed by atoms with Crippen LogP contribution in [0.4, 0.5) is 0 Å². The molecule has 23 heavy (non-hydrogen) atoms. The molecule has 1 aromatic heterocycles. The number of aromatic nitrogens is 2. The minimum atomic E-state index is -0.0639. The molecule has 120 valence electrons. The van der Waals surface area contributed by atoms with Gasteiger partial charge >= 0.3 is 0 Å². The molecule has 1 aliphatic carbocycles. The normalized spacial score (nSPS) is 21.4. The summed E-state index contributed by atoms with van der Waals surface area (Å²) in [6.45, 7) is 2.14. The lowest BCUT2D eigenvalue weighted by Crippen LogP contribution is -2.48. The summed E-state index contributed by atoms with van der Waals surface area (Å²) in [6.07, 6.45) is 2.37. The van der Waals surface area contributed by atoms with Crippen molar-refractivity contribution < 1.29 is 4.79 Å². The van der Waals surface area contributed by atoms with Gasteiger partial charge in [-0.25, -0.2) is 0 Å². The standard InChI is InChI=1S/C17H19ClN4O/c18-13-4-2-1-3-12(13)16-10-19-7-8-22(16)17(23)15-9-14(20-21-15)11-5-6-11/h1-4,9,11,16,19H,5-8,10H2,(H,20,21). The summed E-state index contributed by atoms with van der Waals surface area (Å²) in [4.78, 5) is 14.8. The number of hydrogen-bond acceptors (Lipinski definition) is 3. The Kier molecular flexibility index (Phi) is 3.83. The van der Waals surface area contributed by atoms with Crippen LogP contribution in [0.1, 0.15) is 46.5 Å². The number of nitrogens with zero attached hydrogens (tertiary/aromatic N) is 2. The first-order valence-electron chi connectivity index (χ1n) is 8.05. The second-order valence-corrected chi connectivity index (χ2v) is 6.63. The molecular formula is C17H19ClN4O. The van der Waals surface area contributed by atoms with E-state index in [-0.39, 0.29) is 11.9 Å². The van der Waals surface area contributed by atoms with E-state index in [0.717, 1.165) is 17.8 Å². The zero-order valence-electron chi connectivity index (χ0n) is 12.8. The van der Waals surface area contributed by atoms with Crippen molar-refractivity contribution in [1.29, 1.82) is 0 Å². The van der Waals surface area contributed by atoms with Gasteiger partial charge in [0.2, 0.25) is 0 Å². The van der Waals surface area contributed by atoms with Gasteiger partial charge in [0.1, 0.15) is 5.69 Å². The third-order valence-electron chi connectivity index (χ3n) is 4.60. The summed E-state index contributed by atoms with van der Waals surface area (Å²) in [7, 11) is 0. The van der Waals surface area contributed by atoms with Crippen LogP contribution in [0, 0.1) is 0 Å². The summed E-state index contributed by atoms with van der Waals surface area (Å²) in [5, 5.41) is 11.3. The summed E-state index contributed by atoms with van der Waals surface area (Å²) in [5.74, 6) is 0.533. The maximum absolute atomic E-state index is 12.9. The van der Waals surface area contributed by atoms with Crippen molar-refractivity contribution in [2.24, 2.45) is 0 Å². The van der Waals surface area contributed by atoms with E-state index in [4.69, 9.17) is 11.6 Å². The van der Waals surface area contributed by atoms with E-state index >= 15 is 0 Å². The Balaban J connectivity index is 1.61. The van der Waals surface area contributed by atoms with Crippen LogP contribution in [-0.4, -0.2) is 40.6 Å². The van der Waals surface area contributed by atoms with Crippen LogP contribution < -0.4 is 5.32 Å². The molecule has 1 unspecified atom stereocenters. The second-order valence-electron chi connectivity index (χ2n) is 6.22. The predicted octanol–water partition coefficient (Wildman–Crippen LogP) is 2.73. The Morgan fingerprint density at radius 2 is 2.13 bits per heavy atom. The molecule has 4 rings (SSSR count). The van der Waals surface area contributed by atoms with Gasteiger partial charge in [0, 0.05) is 36.3 Å². The van der Waals surface area contributed by atoms with Crippen molar-refractivity contribution >= 4 is 17.5 Å². The van der Waals surface area contributed by atoms with Gasteiger partial charge < -0.3 is 10.2 Å². The van der Waals surface area contributed by atoms with E-state index in [1.165, 1.54) is 12.8 Å². The predicted molar refractivity (Wildman–Crippen MR) is 88.7 cm³/mol. The van der Waals surface area contributed by atoms with E-state index < -0.39 is 0 Å². The second kappa shape index (κ2) is 5.98. The number of H-pyrrole nitrogens is 1. The Morgan fingerprint density at radius 1 is 1.30 bits per heavy atom. The summed E-state index contributed by atoms with van der Waals surface area (Å²) >= 11 is 6.34. The smallest absolute Gasteiger partial charge is 0.274 e. The van der Waals surface area contributed by atoms with Crippen molar-refractivity contribution in [3.05, 3.63) is 52.3 Å². The molecule has 2 fully saturated rings. The van der Waals surface area contributed by atoms with Crippen LogP contribution in [-0.2, 0) is 0 Å². The van der Waals surface area contributed by atoms with Crippen LogP contribution >= 0.6 is 11.6 Å². The molecule has 2 aliphatic rings. The summed E-state index contributed by atoms with van der Waals surface area (Å²) in [5.41, 5.74) is 2.57. The lowest BCUT2D eigenvalue weighted by atomic mass is 10.0. The molecule has 5 nitrogen and oxygen atoms in total. The maximum Gasteiger partial charge on any atom is 0.274 e. The number of piperazine rings is 1. The monoisotopic (exact) mass is 330 g/mol. The Bertz CT molecular complexity index is 725. The molecule has 2 aromatic rings. The zero-order chi connectivity index (χ0) is 15.8. The highest BCUT2D eigenvalue weighted by Gasteiger charge is 2.32. The molecule has 0 bridgehead atoms. The molecular weight excluding hydrogens is 312 g/mol. The van der Waals surface area contributed by atoms with Crippen LogP contribution in [0.3, 0.4) is 0 Å². The first-order valence-corrected chi connectivity index (χ1v) is 8.43. The number of rotatable bonds is 3. The molecule has 0 radical (unpaired) electrons. The summed E-state index contributed by atoms with van der Waals surface area (Å²) in [6, 6.07) is 9.56. The molecule has 1 saturated heterocycles. The van der Waals surface area contributed by atoms with Gasteiger partial charge in [-0.15, -0.1) is 0 Å². The fourth-order valence-electron chi connectivity index (χ4n) is 3.17. The van der Waals surface area contributed by atoms with Gasteiger partial charge in [-0.05, 0) is 30.5 Å². The van der Waals surface area contributed by atoms with Crippen molar-refractivity contribution in [3.63, 3.8) is 0 Å². The largest absolute Gasteiger partial charge is 0.328 e. The topological polar surface area (TPSA) is 61.0 Å². The lowest BCUT2D eigenvalue weighted by molar-refractivity contribution is 0.0628. The van der Waals surface area contributed by atoms with Gasteiger partial charge in [0.05, 0.1) is 6.04 Å². The molecule has 6 heteroatoms. The first kappa shape index (κ1) is 14.7. The van der Waals surface area contributed by atoms with E-state index in [1.807, 2.05) is 35.2 Å². The number of carbonyl (C=O) groups is 1. The molecule has 1 aliphatic heterocycles. The quantitative estimate of drug-likeness (QED) is 0.909. The van der Waals surface area contributed by atoms with Crippen LogP contribution in [0.25, 0.3) is 0 Å². The zero-order valence-corrected chi connectivity index (χ0v) is 13.5. The number of carbonyl (C=O) groups excluding carboxylic acids is 1. The van der Waals surface area contributed by atoms with Gasteiger partial charge in [0.25, 0.3) is 5.91 Å². The third-order valence-corrected chi connectivity index (χ3v) is 4.95. The van der Waals surface area contributed by atoms with Crippen molar-refractivity contribution in [2.45, 2.75) is 24.8 Å². The highest BCUT2D eigenvalue weighted by molar-refractivity contribution is 6.31. The van der Waals surface area contributed by atoms with Crippen molar-refractivity contribution in [1.82, 2.24) is 20.4 Å². The van der Waals surface area contributed by atoms with Crippen LogP contribution in [0.5, 0.6) is 0 Å². The highest BCUT2D eigenvalue weighted by atomic mass is 35.5. The van der Waals surface area contributed by atoms with Gasteiger partial charge in [-0.3, -0.25) is 9.89 Å². The Hall–Kier alpha value is -1.85. The fourth-order valence-corrected chi connectivity index (χ4v) is 3.43. The Morgan fingerprint density at radius 3 is 2.91 bits per heavy atom. The number of nitrogens with one attached hydrogen (secondary N) is 2. The molecule has 2 heterocycles. The lowest BCUT2D eigenvalue weighted by Gasteiger charge is -2.36. The van der Waals surface area contributed by atoms with Gasteiger partial charge in [-0.1, -0.05) is 29.8 Å². The molecule has 0 spiro atoms. The average molecular weight is 331 g/mol. The van der Waals surface area contributed by atoms with Gasteiger partial charge in [0.15, 0.2) is 0 Å². The summed E-state index contributed by atoms with van der Waals surface area (Å²) < 4.78 is 0. The maximum atomic E-state index is 12.9. The molecule has 1 aromatic carbocycles. The van der Waals surface area contributed by atoms with Crippen molar-refractivity contribution in [2.75, 3.05) is 19.6 Å². The molecule has 1 saturated carbocycles. The minimum Gasteiger partial charge on any atom is -0.328 e. The van der Waals surface area contributed by atoms with E-state index in [2.05, 4.69) is 15.5 Å². The van der Waals surface area contributed by atoms with Gasteiger partial charge in [-0.2, -0.15) is 5.10 Å². The fraction of sp³-hybridized carbons (Fsp3) is 0.412. The van der Waals surface area contributed by atoms with E-state index in [1.54, 1.807) is 0 Å². The Labute approximate surface area is 140 Å². The molecule has 1 amide bonds. The van der Waals surface area contributed by atoms with E-state index in [9.17, 15) is 4.79 Å². The molecule has 1 atom stereocenters. The first-order chi connectivity index (χ1) is 11.2. The number of aromatic amines is 1. The van der Waals surface area contributed by atoms with Crippen molar-refractivity contribution in [3.8, 4) is 0 Å². The number of amides is 1. The number of benzene rings is 1. The SMILES string of the molecule is O=C(c1cc(C2CC2)[nH]n1)N1CCNCC1c1ccccc1Cl. The molecule has 2 N–H and O–H groups in total. The third kappa shape index (κ3) is 2.86. The van der Waals surface area contributed by atoms with Crippen LogP contribution in [0.2, 0.25) is 5.02 Å². The number of hydrogen-bond donors (Lipinski definition) is 2. The van der Waals surface area contributed by atoms with E-state index in [0.29, 0.717) is 29.7 Å².